The van der Waals surface area contributed by atoms with Gasteiger partial charge in [-0.3, -0.25) is 9.59 Å². The van der Waals surface area contributed by atoms with Crippen molar-refractivity contribution in [1.82, 2.24) is 25.6 Å². The molecule has 3 aliphatic rings. The van der Waals surface area contributed by atoms with Gasteiger partial charge in [0.1, 0.15) is 29.9 Å². The maximum atomic E-state index is 13.4. The predicted molar refractivity (Wildman–Crippen MR) is 137 cm³/mol. The number of nitrogens with one attached hydrogen (secondary N) is 3. The molecular weight excluding hydrogens is 490 g/mol. The minimum Gasteiger partial charge on any atom is -0.492 e. The zero-order chi connectivity index (χ0) is 26.2. The summed E-state index contributed by atoms with van der Waals surface area (Å²) < 4.78 is 17.6. The van der Waals surface area contributed by atoms with Gasteiger partial charge in [0.05, 0.1) is 23.3 Å². The Morgan fingerprint density at radius 1 is 1.08 bits per heavy atom. The summed E-state index contributed by atoms with van der Waals surface area (Å²) in [6, 6.07) is 3.72. The fraction of sp³-hybridized carbons (Fsp3) is 0.481. The molecule has 0 unspecified atom stereocenters. The maximum Gasteiger partial charge on any atom is 0.255 e. The van der Waals surface area contributed by atoms with E-state index >= 15 is 0 Å². The van der Waals surface area contributed by atoms with E-state index in [2.05, 4.69) is 25.6 Å². The number of H-pyrrole nitrogens is 1. The third-order valence-electron chi connectivity index (χ3n) is 7.48. The quantitative estimate of drug-likeness (QED) is 0.354. The Hall–Kier alpha value is -3.86. The summed E-state index contributed by atoms with van der Waals surface area (Å²) in [6.07, 6.45) is 6.74. The lowest BCUT2D eigenvalue weighted by molar-refractivity contribution is -0.124. The van der Waals surface area contributed by atoms with E-state index in [9.17, 15) is 9.59 Å². The molecule has 38 heavy (non-hydrogen) atoms. The first-order valence-corrected chi connectivity index (χ1v) is 13.1. The molecular formula is C27H31N5O6. The van der Waals surface area contributed by atoms with Crippen molar-refractivity contribution >= 4 is 22.8 Å². The predicted octanol–water partition coefficient (Wildman–Crippen LogP) is 2.60. The van der Waals surface area contributed by atoms with Crippen LogP contribution in [-0.2, 0) is 4.79 Å². The number of carbonyl (C=O) groups excluding carboxylic acids is 2. The second-order valence-corrected chi connectivity index (χ2v) is 10.2. The monoisotopic (exact) mass is 521 g/mol. The Bertz CT molecular complexity index is 1380. The number of benzene rings is 1. The van der Waals surface area contributed by atoms with Crippen LogP contribution in [0.3, 0.4) is 0 Å². The minimum atomic E-state index is -0.514. The number of rotatable bonds is 8. The van der Waals surface area contributed by atoms with Gasteiger partial charge in [-0.15, -0.1) is 0 Å². The Morgan fingerprint density at radius 2 is 1.84 bits per heavy atom. The van der Waals surface area contributed by atoms with Gasteiger partial charge in [0, 0.05) is 17.8 Å². The number of aromatic amines is 1. The topological polar surface area (TPSA) is 148 Å². The van der Waals surface area contributed by atoms with Gasteiger partial charge in [-0.05, 0) is 63.5 Å². The zero-order valence-corrected chi connectivity index (χ0v) is 21.2. The molecule has 11 nitrogen and oxygen atoms in total. The van der Waals surface area contributed by atoms with Crippen LogP contribution in [0, 0.1) is 12.8 Å². The molecule has 2 aliphatic carbocycles. The van der Waals surface area contributed by atoms with Crippen LogP contribution in [0.1, 0.15) is 54.6 Å². The third kappa shape index (κ3) is 4.73. The second kappa shape index (κ2) is 10.1. The summed E-state index contributed by atoms with van der Waals surface area (Å²) >= 11 is 0. The fourth-order valence-electron chi connectivity index (χ4n) is 5.29. The highest BCUT2D eigenvalue weighted by molar-refractivity contribution is 6.09. The number of aryl methyl sites for hydroxylation is 1. The van der Waals surface area contributed by atoms with Crippen LogP contribution in [0.5, 0.6) is 17.2 Å². The molecule has 1 aliphatic heterocycles. The Balaban J connectivity index is 1.27. The van der Waals surface area contributed by atoms with Crippen LogP contribution >= 0.6 is 0 Å². The van der Waals surface area contributed by atoms with Crippen molar-refractivity contribution in [3.05, 3.63) is 29.7 Å². The summed E-state index contributed by atoms with van der Waals surface area (Å²) in [5.41, 5.74) is 3.59. The van der Waals surface area contributed by atoms with Crippen molar-refractivity contribution < 1.29 is 28.9 Å². The van der Waals surface area contributed by atoms with Crippen molar-refractivity contribution in [1.29, 1.82) is 0 Å². The van der Waals surface area contributed by atoms with E-state index in [1.807, 2.05) is 19.1 Å². The number of aliphatic hydroxyl groups is 1. The lowest BCUT2D eigenvalue weighted by Crippen LogP contribution is -2.44. The van der Waals surface area contributed by atoms with Gasteiger partial charge in [-0.25, -0.2) is 9.97 Å². The molecule has 2 amide bonds. The number of hydrogen-bond acceptors (Lipinski definition) is 8. The Kier molecular flexibility index (Phi) is 6.52. The first kappa shape index (κ1) is 24.5. The van der Waals surface area contributed by atoms with Crippen LogP contribution in [0.15, 0.2) is 18.5 Å². The van der Waals surface area contributed by atoms with Gasteiger partial charge in [0.25, 0.3) is 5.91 Å². The number of ether oxygens (including phenoxy) is 3. The average Bonchev–Trinajstić information content (AvgIpc) is 3.51. The molecule has 3 aromatic rings. The highest BCUT2D eigenvalue weighted by Gasteiger charge is 2.30. The average molecular weight is 522 g/mol. The van der Waals surface area contributed by atoms with Crippen molar-refractivity contribution in [3.8, 4) is 28.5 Å². The van der Waals surface area contributed by atoms with Crippen molar-refractivity contribution in [2.24, 2.45) is 5.92 Å². The zero-order valence-electron chi connectivity index (χ0n) is 21.2. The normalized spacial score (nSPS) is 20.4. The number of hydrogen-bond donors (Lipinski definition) is 4. The van der Waals surface area contributed by atoms with E-state index in [0.717, 1.165) is 25.7 Å². The van der Waals surface area contributed by atoms with Crippen LogP contribution < -0.4 is 24.8 Å². The van der Waals surface area contributed by atoms with E-state index in [0.29, 0.717) is 63.3 Å². The van der Waals surface area contributed by atoms with Gasteiger partial charge in [-0.2, -0.15) is 0 Å². The number of amides is 2. The van der Waals surface area contributed by atoms with Crippen LogP contribution in [0.4, 0.5) is 0 Å². The summed E-state index contributed by atoms with van der Waals surface area (Å²) in [7, 11) is 0. The molecule has 11 heteroatoms. The van der Waals surface area contributed by atoms with E-state index in [-0.39, 0.29) is 30.7 Å². The number of aliphatic hydroxyl groups excluding tert-OH is 1. The van der Waals surface area contributed by atoms with E-state index in [1.54, 1.807) is 0 Å². The first-order valence-electron chi connectivity index (χ1n) is 13.1. The Morgan fingerprint density at radius 3 is 2.58 bits per heavy atom. The third-order valence-corrected chi connectivity index (χ3v) is 7.48. The molecule has 2 saturated carbocycles. The van der Waals surface area contributed by atoms with Crippen molar-refractivity contribution in [3.63, 3.8) is 0 Å². The number of carbonyl (C=O) groups is 2. The lowest BCUT2D eigenvalue weighted by Gasteiger charge is -2.29. The minimum absolute atomic E-state index is 0.0131. The van der Waals surface area contributed by atoms with Gasteiger partial charge >= 0.3 is 0 Å². The van der Waals surface area contributed by atoms with E-state index < -0.39 is 6.61 Å². The van der Waals surface area contributed by atoms with Crippen molar-refractivity contribution in [2.45, 2.75) is 57.5 Å². The van der Waals surface area contributed by atoms with Crippen LogP contribution in [-0.4, -0.2) is 64.0 Å². The number of nitrogens with zero attached hydrogens (tertiary/aromatic N) is 2. The molecule has 2 aromatic heterocycles. The summed E-state index contributed by atoms with van der Waals surface area (Å²) in [6.45, 7) is 2.08. The van der Waals surface area contributed by atoms with Crippen molar-refractivity contribution in [2.75, 3.05) is 20.0 Å². The van der Waals surface area contributed by atoms with Gasteiger partial charge in [-0.1, -0.05) is 0 Å². The lowest BCUT2D eigenvalue weighted by atomic mass is 9.91. The molecule has 0 saturated heterocycles. The molecule has 4 N–H and O–H groups in total. The van der Waals surface area contributed by atoms with Gasteiger partial charge in [0.15, 0.2) is 11.5 Å². The van der Waals surface area contributed by atoms with E-state index in [1.165, 1.54) is 19.2 Å². The number of aromatic nitrogens is 3. The summed E-state index contributed by atoms with van der Waals surface area (Å²) in [5.74, 6) is 1.85. The highest BCUT2D eigenvalue weighted by atomic mass is 16.7. The molecule has 6 rings (SSSR count). The molecule has 2 fully saturated rings. The van der Waals surface area contributed by atoms with Crippen LogP contribution in [0.2, 0.25) is 0 Å². The highest BCUT2D eigenvalue weighted by Crippen LogP contribution is 2.48. The molecule has 3 heterocycles. The smallest absolute Gasteiger partial charge is 0.255 e. The van der Waals surface area contributed by atoms with Gasteiger partial charge in [0.2, 0.25) is 12.7 Å². The molecule has 0 atom stereocenters. The van der Waals surface area contributed by atoms with E-state index in [4.69, 9.17) is 19.3 Å². The summed E-state index contributed by atoms with van der Waals surface area (Å²) in [4.78, 5) is 37.3. The molecule has 0 bridgehead atoms. The Labute approximate surface area is 219 Å². The molecule has 0 radical (unpaired) electrons. The maximum absolute atomic E-state index is 13.4. The second-order valence-electron chi connectivity index (χ2n) is 10.2. The first-order chi connectivity index (χ1) is 18.5. The standard InChI is InChI=1S/C27H31N5O6/c1-14-21(27(35)32-17-6-4-16(5-7-17)31-20(34)10-33)23-25(30-14)24(29-12-28-23)22-18(36-11-15-2-3-15)8-9-19-26(22)38-13-37-19/h8-9,12,15-17,30,33H,2-7,10-11,13H2,1H3,(H,31,34)(H,32,35)/t16-,17+. The largest absolute Gasteiger partial charge is 0.492 e. The molecule has 200 valence electrons. The van der Waals surface area contributed by atoms with Crippen LogP contribution in [0.25, 0.3) is 22.3 Å². The fourth-order valence-corrected chi connectivity index (χ4v) is 5.29. The number of fused-ring (bicyclic) bond motifs is 2. The van der Waals surface area contributed by atoms with Gasteiger partial charge < -0.3 is 34.9 Å². The summed E-state index contributed by atoms with van der Waals surface area (Å²) in [5, 5.41) is 14.9. The SMILES string of the molecule is Cc1[nH]c2c(-c3c(OCC4CC4)ccc4c3OCO4)ncnc2c1C(=O)N[C@H]1CC[C@@H](NC(=O)CO)CC1. The molecule has 0 spiro atoms. The molecule has 1 aromatic carbocycles.